The first-order valence-electron chi connectivity index (χ1n) is 9.47. The normalized spacial score (nSPS) is 17.4. The summed E-state index contributed by atoms with van der Waals surface area (Å²) < 4.78 is 28.9. The van der Waals surface area contributed by atoms with Crippen molar-refractivity contribution in [1.82, 2.24) is 9.97 Å². The Kier molecular flexibility index (Phi) is 5.03. The molecule has 1 atom stereocenters. The molecular weight excluding hydrogens is 400 g/mol. The number of nitriles is 1. The number of hydrogen-bond acceptors (Lipinski definition) is 6. The molecular formula is C23H17F2N5O. The quantitative estimate of drug-likeness (QED) is 0.656. The molecule has 1 aliphatic rings. The van der Waals surface area contributed by atoms with Crippen LogP contribution in [-0.4, -0.2) is 21.6 Å². The van der Waals surface area contributed by atoms with Crippen molar-refractivity contribution in [1.29, 1.82) is 5.26 Å². The van der Waals surface area contributed by atoms with E-state index < -0.39 is 17.2 Å². The minimum Gasteiger partial charge on any atom is -0.383 e. The Hall–Kier alpha value is -3.99. The van der Waals surface area contributed by atoms with Crippen LogP contribution in [0.3, 0.4) is 0 Å². The van der Waals surface area contributed by atoms with Crippen molar-refractivity contribution >= 4 is 11.6 Å². The third-order valence-corrected chi connectivity index (χ3v) is 5.29. The van der Waals surface area contributed by atoms with Crippen molar-refractivity contribution in [2.24, 2.45) is 10.7 Å². The molecule has 2 N–H and O–H groups in total. The third-order valence-electron chi connectivity index (χ3n) is 5.29. The smallest absolute Gasteiger partial charge is 0.185 e. The third kappa shape index (κ3) is 3.78. The average molecular weight is 417 g/mol. The summed E-state index contributed by atoms with van der Waals surface area (Å²) in [5.74, 6) is -1.36. The number of nitrogens with two attached hydrogens (primary N) is 1. The average Bonchev–Trinajstić information content (AvgIpc) is 2.74. The lowest BCUT2D eigenvalue weighted by Crippen LogP contribution is -2.35. The SMILES string of the molecule is CC1(c2cc(CC(=O)c3ccc(C#N)cn3)ccc2F)Cc2cncc(F)c2C(N)=N1. The molecule has 0 saturated carbocycles. The predicted octanol–water partition coefficient (Wildman–Crippen LogP) is 3.23. The number of rotatable bonds is 4. The first-order chi connectivity index (χ1) is 14.8. The van der Waals surface area contributed by atoms with E-state index in [0.29, 0.717) is 16.7 Å². The lowest BCUT2D eigenvalue weighted by molar-refractivity contribution is 0.0988. The Balaban J connectivity index is 1.66. The van der Waals surface area contributed by atoms with Crippen LogP contribution in [0, 0.1) is 23.0 Å². The second-order valence-electron chi connectivity index (χ2n) is 7.56. The van der Waals surface area contributed by atoms with Gasteiger partial charge in [0.1, 0.15) is 23.4 Å². The molecule has 1 aromatic carbocycles. The number of aliphatic imine (C=N–C) groups is 1. The van der Waals surface area contributed by atoms with Crippen molar-refractivity contribution in [2.75, 3.05) is 0 Å². The number of carbonyl (C=O) groups is 1. The van der Waals surface area contributed by atoms with E-state index >= 15 is 0 Å². The van der Waals surface area contributed by atoms with Gasteiger partial charge in [-0.25, -0.2) is 8.78 Å². The molecule has 0 bridgehead atoms. The van der Waals surface area contributed by atoms with Gasteiger partial charge in [0.05, 0.1) is 22.9 Å². The van der Waals surface area contributed by atoms with E-state index in [2.05, 4.69) is 15.0 Å². The van der Waals surface area contributed by atoms with E-state index in [1.807, 2.05) is 6.07 Å². The molecule has 2 aromatic heterocycles. The second kappa shape index (κ2) is 7.69. The lowest BCUT2D eigenvalue weighted by Gasteiger charge is -2.32. The number of amidine groups is 1. The highest BCUT2D eigenvalue weighted by molar-refractivity contribution is 6.00. The zero-order chi connectivity index (χ0) is 22.2. The zero-order valence-electron chi connectivity index (χ0n) is 16.6. The minimum atomic E-state index is -1.08. The number of pyridine rings is 2. The topological polar surface area (TPSA) is 105 Å². The van der Waals surface area contributed by atoms with Crippen LogP contribution in [-0.2, 0) is 18.4 Å². The van der Waals surface area contributed by atoms with E-state index in [-0.39, 0.29) is 41.3 Å². The van der Waals surface area contributed by atoms with Gasteiger partial charge in [0.2, 0.25) is 0 Å². The van der Waals surface area contributed by atoms with Crippen LogP contribution in [0.2, 0.25) is 0 Å². The van der Waals surface area contributed by atoms with Crippen molar-refractivity contribution in [3.63, 3.8) is 0 Å². The maximum atomic E-state index is 14.8. The molecule has 0 aliphatic carbocycles. The van der Waals surface area contributed by atoms with Gasteiger partial charge in [0.15, 0.2) is 11.6 Å². The Morgan fingerprint density at radius 3 is 2.71 bits per heavy atom. The molecule has 4 rings (SSSR count). The second-order valence-corrected chi connectivity index (χ2v) is 7.56. The summed E-state index contributed by atoms with van der Waals surface area (Å²) in [6.45, 7) is 1.71. The maximum absolute atomic E-state index is 14.8. The monoisotopic (exact) mass is 417 g/mol. The van der Waals surface area contributed by atoms with Gasteiger partial charge in [-0.05, 0) is 42.3 Å². The number of nitrogens with zero attached hydrogens (tertiary/aromatic N) is 4. The van der Waals surface area contributed by atoms with Gasteiger partial charge in [-0.1, -0.05) is 6.07 Å². The summed E-state index contributed by atoms with van der Waals surface area (Å²) in [4.78, 5) is 24.9. The fraction of sp³-hybridized carbons (Fsp3) is 0.174. The summed E-state index contributed by atoms with van der Waals surface area (Å²) in [6.07, 6.45) is 4.09. The Bertz CT molecular complexity index is 1260. The molecule has 3 aromatic rings. The molecule has 3 heterocycles. The minimum absolute atomic E-state index is 0.00573. The largest absolute Gasteiger partial charge is 0.383 e. The van der Waals surface area contributed by atoms with Crippen molar-refractivity contribution < 1.29 is 13.6 Å². The molecule has 154 valence electrons. The predicted molar refractivity (Wildman–Crippen MR) is 109 cm³/mol. The van der Waals surface area contributed by atoms with E-state index in [9.17, 15) is 13.6 Å². The van der Waals surface area contributed by atoms with Gasteiger partial charge in [-0.3, -0.25) is 19.8 Å². The van der Waals surface area contributed by atoms with Crippen LogP contribution in [0.4, 0.5) is 8.78 Å². The van der Waals surface area contributed by atoms with E-state index in [1.165, 1.54) is 36.7 Å². The maximum Gasteiger partial charge on any atom is 0.185 e. The number of hydrogen-bond donors (Lipinski definition) is 1. The van der Waals surface area contributed by atoms with Crippen LogP contribution in [0.1, 0.15) is 45.2 Å². The molecule has 1 unspecified atom stereocenters. The summed E-state index contributed by atoms with van der Waals surface area (Å²) in [5.41, 5.74) is 7.04. The van der Waals surface area contributed by atoms with Crippen LogP contribution in [0.15, 0.2) is 53.9 Å². The number of fused-ring (bicyclic) bond motifs is 1. The lowest BCUT2D eigenvalue weighted by atomic mass is 9.81. The fourth-order valence-electron chi connectivity index (χ4n) is 3.78. The number of halogens is 2. The molecule has 1 aliphatic heterocycles. The van der Waals surface area contributed by atoms with Gasteiger partial charge in [-0.2, -0.15) is 5.26 Å². The Morgan fingerprint density at radius 1 is 1.19 bits per heavy atom. The Morgan fingerprint density at radius 2 is 2.00 bits per heavy atom. The van der Waals surface area contributed by atoms with Gasteiger partial charge in [0, 0.05) is 30.8 Å². The van der Waals surface area contributed by atoms with E-state index in [0.717, 1.165) is 6.20 Å². The van der Waals surface area contributed by atoms with Gasteiger partial charge < -0.3 is 5.73 Å². The number of carbonyl (C=O) groups excluding carboxylic acids is 1. The number of aromatic nitrogens is 2. The van der Waals surface area contributed by atoms with Gasteiger partial charge >= 0.3 is 0 Å². The molecule has 0 spiro atoms. The standard InChI is InChI=1S/C23H17F2N5O/c1-23(8-15-11-28-12-18(25)21(15)22(27)30-23)16-6-13(2-4-17(16)24)7-20(31)19-5-3-14(9-26)10-29-19/h2-6,10-12H,7-8H2,1H3,(H2,27,30). The molecule has 0 saturated heterocycles. The van der Waals surface area contributed by atoms with Crippen LogP contribution >= 0.6 is 0 Å². The van der Waals surface area contributed by atoms with Gasteiger partial charge in [0.25, 0.3) is 0 Å². The highest BCUT2D eigenvalue weighted by atomic mass is 19.1. The summed E-state index contributed by atoms with van der Waals surface area (Å²) >= 11 is 0. The number of Topliss-reactive ketones (excluding diaryl/α,β-unsaturated/α-hetero) is 1. The first-order valence-corrected chi connectivity index (χ1v) is 9.47. The molecule has 0 amide bonds. The summed E-state index contributed by atoms with van der Waals surface area (Å²) in [6, 6.07) is 9.32. The zero-order valence-corrected chi connectivity index (χ0v) is 16.6. The van der Waals surface area contributed by atoms with Crippen LogP contribution < -0.4 is 5.73 Å². The van der Waals surface area contributed by atoms with Gasteiger partial charge in [-0.15, -0.1) is 0 Å². The first kappa shape index (κ1) is 20.3. The number of ketones is 1. The number of benzene rings is 1. The highest BCUT2D eigenvalue weighted by Crippen LogP contribution is 2.37. The molecule has 31 heavy (non-hydrogen) atoms. The van der Waals surface area contributed by atoms with Crippen LogP contribution in [0.25, 0.3) is 0 Å². The van der Waals surface area contributed by atoms with Crippen molar-refractivity contribution in [2.45, 2.75) is 25.3 Å². The van der Waals surface area contributed by atoms with E-state index in [1.54, 1.807) is 13.0 Å². The van der Waals surface area contributed by atoms with Crippen LogP contribution in [0.5, 0.6) is 0 Å². The molecule has 0 radical (unpaired) electrons. The summed E-state index contributed by atoms with van der Waals surface area (Å²) in [7, 11) is 0. The van der Waals surface area contributed by atoms with Crippen molar-refractivity contribution in [3.8, 4) is 6.07 Å². The fourth-order valence-corrected chi connectivity index (χ4v) is 3.78. The Labute approximate surface area is 177 Å². The highest BCUT2D eigenvalue weighted by Gasteiger charge is 2.36. The van der Waals surface area contributed by atoms with E-state index in [4.69, 9.17) is 11.0 Å². The molecule has 0 fully saturated rings. The van der Waals surface area contributed by atoms with Crippen molar-refractivity contribution in [3.05, 3.63) is 94.1 Å². The molecule has 6 nitrogen and oxygen atoms in total. The molecule has 8 heteroatoms. The summed E-state index contributed by atoms with van der Waals surface area (Å²) in [5, 5.41) is 8.85.